The van der Waals surface area contributed by atoms with Crippen LogP contribution in [0.3, 0.4) is 0 Å². The molecule has 1 aromatic rings. The van der Waals surface area contributed by atoms with Gasteiger partial charge in [-0.25, -0.2) is 0 Å². The summed E-state index contributed by atoms with van der Waals surface area (Å²) in [5, 5.41) is 4.14. The third-order valence-corrected chi connectivity index (χ3v) is 3.62. The van der Waals surface area contributed by atoms with Crippen LogP contribution in [0.2, 0.25) is 5.02 Å². The topological polar surface area (TPSA) is 56.5 Å². The van der Waals surface area contributed by atoms with Crippen LogP contribution in [0.25, 0.3) is 0 Å². The number of rotatable bonds is 7. The Kier molecular flexibility index (Phi) is 6.07. The van der Waals surface area contributed by atoms with Crippen LogP contribution in [-0.2, 0) is 9.47 Å². The maximum atomic E-state index is 6.13. The van der Waals surface area contributed by atoms with Gasteiger partial charge < -0.3 is 20.5 Å². The standard InChI is InChI=1S/C14H23ClN2O2/c1-10-5-6-11(7-12(10)15)17-14(2,9-16)8-13(18-3)19-4/h5-7,13,17H,8-9,16H2,1-4H3. The van der Waals surface area contributed by atoms with Crippen LogP contribution in [-0.4, -0.2) is 32.6 Å². The van der Waals surface area contributed by atoms with Gasteiger partial charge in [-0.1, -0.05) is 17.7 Å². The first-order valence-corrected chi connectivity index (χ1v) is 6.62. The van der Waals surface area contributed by atoms with Crippen LogP contribution in [0.15, 0.2) is 18.2 Å². The Morgan fingerprint density at radius 1 is 1.37 bits per heavy atom. The normalized spacial score (nSPS) is 14.5. The summed E-state index contributed by atoms with van der Waals surface area (Å²) in [7, 11) is 3.24. The van der Waals surface area contributed by atoms with Crippen molar-refractivity contribution in [2.24, 2.45) is 5.73 Å². The molecule has 0 fully saturated rings. The van der Waals surface area contributed by atoms with Crippen LogP contribution >= 0.6 is 11.6 Å². The minimum absolute atomic E-state index is 0.290. The SMILES string of the molecule is COC(CC(C)(CN)Nc1ccc(C)c(Cl)c1)OC. The fourth-order valence-corrected chi connectivity index (χ4v) is 2.02. The molecular formula is C14H23ClN2O2. The van der Waals surface area contributed by atoms with Gasteiger partial charge in [-0.3, -0.25) is 0 Å². The zero-order valence-corrected chi connectivity index (χ0v) is 12.8. The molecular weight excluding hydrogens is 264 g/mol. The number of benzene rings is 1. The Morgan fingerprint density at radius 2 is 2.00 bits per heavy atom. The van der Waals surface area contributed by atoms with E-state index in [-0.39, 0.29) is 11.8 Å². The van der Waals surface area contributed by atoms with Gasteiger partial charge in [-0.05, 0) is 31.5 Å². The van der Waals surface area contributed by atoms with E-state index in [0.29, 0.717) is 13.0 Å². The van der Waals surface area contributed by atoms with Gasteiger partial charge in [0.05, 0.1) is 5.54 Å². The summed E-state index contributed by atoms with van der Waals surface area (Å²) in [6, 6.07) is 5.87. The molecule has 0 aromatic heterocycles. The van der Waals surface area contributed by atoms with Gasteiger partial charge in [-0.15, -0.1) is 0 Å². The van der Waals surface area contributed by atoms with Crippen molar-refractivity contribution in [1.82, 2.24) is 0 Å². The molecule has 1 unspecified atom stereocenters. The second-order valence-corrected chi connectivity index (χ2v) is 5.37. The van der Waals surface area contributed by atoms with Crippen LogP contribution in [0.5, 0.6) is 0 Å². The van der Waals surface area contributed by atoms with Gasteiger partial charge in [0, 0.05) is 37.9 Å². The smallest absolute Gasteiger partial charge is 0.159 e. The maximum Gasteiger partial charge on any atom is 0.159 e. The monoisotopic (exact) mass is 286 g/mol. The van der Waals surface area contributed by atoms with E-state index in [2.05, 4.69) is 5.32 Å². The average molecular weight is 287 g/mol. The summed E-state index contributed by atoms with van der Waals surface area (Å²) in [6.07, 6.45) is 0.351. The highest BCUT2D eigenvalue weighted by Gasteiger charge is 2.27. The molecule has 1 aromatic carbocycles. The summed E-state index contributed by atoms with van der Waals surface area (Å²) in [6.45, 7) is 4.47. The minimum Gasteiger partial charge on any atom is -0.378 e. The fraction of sp³-hybridized carbons (Fsp3) is 0.571. The van der Waals surface area contributed by atoms with Crippen molar-refractivity contribution in [3.63, 3.8) is 0 Å². The summed E-state index contributed by atoms with van der Waals surface area (Å²) in [5.41, 5.74) is 7.54. The number of hydrogen-bond acceptors (Lipinski definition) is 4. The lowest BCUT2D eigenvalue weighted by molar-refractivity contribution is -0.113. The largest absolute Gasteiger partial charge is 0.378 e. The van der Waals surface area contributed by atoms with E-state index in [1.54, 1.807) is 14.2 Å². The Morgan fingerprint density at radius 3 is 2.47 bits per heavy atom. The van der Waals surface area contributed by atoms with Gasteiger partial charge >= 0.3 is 0 Å². The lowest BCUT2D eigenvalue weighted by atomic mass is 9.97. The number of nitrogens with one attached hydrogen (secondary N) is 1. The number of anilines is 1. The Labute approximate surface area is 120 Å². The van der Waals surface area contributed by atoms with E-state index < -0.39 is 0 Å². The summed E-state index contributed by atoms with van der Waals surface area (Å²) < 4.78 is 10.5. The van der Waals surface area contributed by atoms with E-state index in [1.807, 2.05) is 32.0 Å². The molecule has 4 nitrogen and oxygen atoms in total. The Bertz CT molecular complexity index is 410. The van der Waals surface area contributed by atoms with Crippen molar-refractivity contribution < 1.29 is 9.47 Å². The second-order valence-electron chi connectivity index (χ2n) is 4.96. The van der Waals surface area contributed by atoms with Crippen molar-refractivity contribution in [3.05, 3.63) is 28.8 Å². The number of halogens is 1. The highest BCUT2D eigenvalue weighted by atomic mass is 35.5. The molecule has 0 heterocycles. The van der Waals surface area contributed by atoms with E-state index in [4.69, 9.17) is 26.8 Å². The summed E-state index contributed by atoms with van der Waals surface area (Å²) >= 11 is 6.13. The molecule has 0 radical (unpaired) electrons. The zero-order chi connectivity index (χ0) is 14.5. The highest BCUT2D eigenvalue weighted by Crippen LogP contribution is 2.25. The van der Waals surface area contributed by atoms with E-state index in [9.17, 15) is 0 Å². The first kappa shape index (κ1) is 16.2. The average Bonchev–Trinajstić information content (AvgIpc) is 2.40. The zero-order valence-electron chi connectivity index (χ0n) is 12.0. The lowest BCUT2D eigenvalue weighted by Gasteiger charge is -2.33. The van der Waals surface area contributed by atoms with Crippen LogP contribution < -0.4 is 11.1 Å². The molecule has 19 heavy (non-hydrogen) atoms. The number of hydrogen-bond donors (Lipinski definition) is 2. The third kappa shape index (κ3) is 4.66. The van der Waals surface area contributed by atoms with Gasteiger partial charge in [0.15, 0.2) is 6.29 Å². The van der Waals surface area contributed by atoms with Crippen molar-refractivity contribution in [2.75, 3.05) is 26.1 Å². The number of ether oxygens (including phenoxy) is 2. The molecule has 108 valence electrons. The molecule has 0 saturated carbocycles. The van der Waals surface area contributed by atoms with Crippen molar-refractivity contribution in [1.29, 1.82) is 0 Å². The van der Waals surface area contributed by atoms with Gasteiger partial charge in [-0.2, -0.15) is 0 Å². The molecule has 0 bridgehead atoms. The molecule has 1 atom stereocenters. The quantitative estimate of drug-likeness (QED) is 0.757. The maximum absolute atomic E-state index is 6.13. The Balaban J connectivity index is 2.81. The third-order valence-electron chi connectivity index (χ3n) is 3.21. The summed E-state index contributed by atoms with van der Waals surface area (Å²) in [4.78, 5) is 0. The molecule has 0 spiro atoms. The lowest BCUT2D eigenvalue weighted by Crippen LogP contribution is -2.45. The van der Waals surface area contributed by atoms with E-state index >= 15 is 0 Å². The molecule has 0 saturated heterocycles. The van der Waals surface area contributed by atoms with Crippen molar-refractivity contribution >= 4 is 17.3 Å². The molecule has 0 aliphatic rings. The molecule has 0 aliphatic heterocycles. The van der Waals surface area contributed by atoms with Crippen molar-refractivity contribution in [2.45, 2.75) is 32.1 Å². The van der Waals surface area contributed by atoms with Crippen LogP contribution in [0.1, 0.15) is 18.9 Å². The predicted octanol–water partition coefficient (Wildman–Crippen LogP) is 2.79. The molecule has 0 amide bonds. The number of aryl methyl sites for hydroxylation is 1. The molecule has 5 heteroatoms. The van der Waals surface area contributed by atoms with Crippen LogP contribution in [0, 0.1) is 6.92 Å². The fourth-order valence-electron chi connectivity index (χ4n) is 1.84. The van der Waals surface area contributed by atoms with Gasteiger partial charge in [0.25, 0.3) is 0 Å². The number of nitrogens with two attached hydrogens (primary N) is 1. The number of methoxy groups -OCH3 is 2. The first-order valence-electron chi connectivity index (χ1n) is 6.24. The Hall–Kier alpha value is -0.810. The predicted molar refractivity (Wildman–Crippen MR) is 79.7 cm³/mol. The summed E-state index contributed by atoms with van der Waals surface area (Å²) in [5.74, 6) is 0. The van der Waals surface area contributed by atoms with E-state index in [0.717, 1.165) is 16.3 Å². The van der Waals surface area contributed by atoms with Gasteiger partial charge in [0.1, 0.15) is 0 Å². The highest BCUT2D eigenvalue weighted by molar-refractivity contribution is 6.31. The van der Waals surface area contributed by atoms with Crippen molar-refractivity contribution in [3.8, 4) is 0 Å². The van der Waals surface area contributed by atoms with E-state index in [1.165, 1.54) is 0 Å². The first-order chi connectivity index (χ1) is 8.94. The molecule has 1 rings (SSSR count). The molecule has 0 aliphatic carbocycles. The second kappa shape index (κ2) is 7.10. The minimum atomic E-state index is -0.324. The van der Waals surface area contributed by atoms with Gasteiger partial charge in [0.2, 0.25) is 0 Å². The molecule has 3 N–H and O–H groups in total. The van der Waals surface area contributed by atoms with Crippen LogP contribution in [0.4, 0.5) is 5.69 Å².